The van der Waals surface area contributed by atoms with E-state index in [2.05, 4.69) is 15.6 Å². The summed E-state index contributed by atoms with van der Waals surface area (Å²) in [6.45, 7) is 1.53. The van der Waals surface area contributed by atoms with E-state index in [-0.39, 0.29) is 5.91 Å². The van der Waals surface area contributed by atoms with E-state index in [1.54, 1.807) is 19.4 Å². The molecule has 21 heavy (non-hydrogen) atoms. The van der Waals surface area contributed by atoms with E-state index in [9.17, 15) is 4.79 Å². The number of carbonyl (C=O) groups excluding carboxylic acids is 1. The minimum absolute atomic E-state index is 0.216. The van der Waals surface area contributed by atoms with Crippen LogP contribution in [0.15, 0.2) is 48.7 Å². The van der Waals surface area contributed by atoms with Gasteiger partial charge < -0.3 is 15.4 Å². The first-order valence-electron chi connectivity index (χ1n) is 6.85. The van der Waals surface area contributed by atoms with Crippen LogP contribution in [0.2, 0.25) is 0 Å². The molecule has 0 bridgehead atoms. The van der Waals surface area contributed by atoms with E-state index in [1.807, 2.05) is 36.4 Å². The average Bonchev–Trinajstić information content (AvgIpc) is 2.53. The molecular formula is C16H19N3O2. The summed E-state index contributed by atoms with van der Waals surface area (Å²) in [7, 11) is 1.68. The summed E-state index contributed by atoms with van der Waals surface area (Å²) >= 11 is 0. The largest absolute Gasteiger partial charge is 0.385 e. The third kappa shape index (κ3) is 4.89. The number of benzene rings is 1. The molecule has 2 N–H and O–H groups in total. The molecule has 1 amide bonds. The third-order valence-electron chi connectivity index (χ3n) is 2.88. The highest BCUT2D eigenvalue weighted by Gasteiger charge is 2.07. The van der Waals surface area contributed by atoms with Gasteiger partial charge in [-0.2, -0.15) is 0 Å². The number of amides is 1. The van der Waals surface area contributed by atoms with Crippen LogP contribution in [0.25, 0.3) is 0 Å². The molecule has 1 heterocycles. The number of hydrogen-bond donors (Lipinski definition) is 2. The fourth-order valence-electron chi connectivity index (χ4n) is 1.80. The summed E-state index contributed by atoms with van der Waals surface area (Å²) in [5.41, 5.74) is 2.04. The molecular weight excluding hydrogens is 266 g/mol. The Hall–Kier alpha value is -2.40. The van der Waals surface area contributed by atoms with Gasteiger partial charge in [0, 0.05) is 25.9 Å². The summed E-state index contributed by atoms with van der Waals surface area (Å²) in [6.07, 6.45) is 2.58. The van der Waals surface area contributed by atoms with Crippen molar-refractivity contribution in [2.45, 2.75) is 6.42 Å². The molecule has 0 spiro atoms. The molecule has 0 saturated heterocycles. The van der Waals surface area contributed by atoms with E-state index in [1.165, 1.54) is 0 Å². The van der Waals surface area contributed by atoms with Gasteiger partial charge in [0.15, 0.2) is 0 Å². The van der Waals surface area contributed by atoms with Crippen LogP contribution in [-0.4, -0.2) is 31.2 Å². The number of rotatable bonds is 7. The fraction of sp³-hybridized carbons (Fsp3) is 0.250. The summed E-state index contributed by atoms with van der Waals surface area (Å²) < 4.78 is 4.98. The van der Waals surface area contributed by atoms with Gasteiger partial charge in [-0.15, -0.1) is 0 Å². The van der Waals surface area contributed by atoms with Crippen molar-refractivity contribution in [2.24, 2.45) is 0 Å². The van der Waals surface area contributed by atoms with Crippen LogP contribution >= 0.6 is 0 Å². The number of anilines is 2. The van der Waals surface area contributed by atoms with Gasteiger partial charge in [-0.25, -0.2) is 4.98 Å². The normalized spacial score (nSPS) is 10.1. The van der Waals surface area contributed by atoms with Crippen LogP contribution in [0.5, 0.6) is 0 Å². The van der Waals surface area contributed by atoms with Crippen molar-refractivity contribution in [1.82, 2.24) is 4.98 Å². The van der Waals surface area contributed by atoms with Gasteiger partial charge in [0.1, 0.15) is 5.69 Å². The Morgan fingerprint density at radius 2 is 1.95 bits per heavy atom. The number of nitrogens with zero attached hydrogens (tertiary/aromatic N) is 1. The van der Waals surface area contributed by atoms with Crippen molar-refractivity contribution in [2.75, 3.05) is 30.9 Å². The zero-order chi connectivity index (χ0) is 14.9. The molecule has 0 unspecified atom stereocenters. The molecule has 5 nitrogen and oxygen atoms in total. The number of pyridine rings is 1. The molecule has 1 aromatic carbocycles. The van der Waals surface area contributed by atoms with Crippen molar-refractivity contribution in [1.29, 1.82) is 0 Å². The predicted octanol–water partition coefficient (Wildman–Crippen LogP) is 2.78. The molecule has 110 valence electrons. The summed E-state index contributed by atoms with van der Waals surface area (Å²) in [6, 6.07) is 12.9. The molecule has 0 aliphatic heterocycles. The number of hydrogen-bond acceptors (Lipinski definition) is 4. The molecule has 0 aliphatic rings. The average molecular weight is 285 g/mol. The highest BCUT2D eigenvalue weighted by atomic mass is 16.5. The lowest BCUT2D eigenvalue weighted by atomic mass is 10.3. The van der Waals surface area contributed by atoms with Gasteiger partial charge >= 0.3 is 0 Å². The van der Waals surface area contributed by atoms with Crippen LogP contribution in [0.4, 0.5) is 11.4 Å². The summed E-state index contributed by atoms with van der Waals surface area (Å²) in [4.78, 5) is 16.2. The van der Waals surface area contributed by atoms with Crippen molar-refractivity contribution < 1.29 is 9.53 Å². The second-order valence-electron chi connectivity index (χ2n) is 4.53. The predicted molar refractivity (Wildman–Crippen MR) is 83.6 cm³/mol. The lowest BCUT2D eigenvalue weighted by molar-refractivity contribution is 0.102. The van der Waals surface area contributed by atoms with E-state index in [4.69, 9.17) is 4.74 Å². The zero-order valence-corrected chi connectivity index (χ0v) is 12.0. The van der Waals surface area contributed by atoms with Gasteiger partial charge in [0.25, 0.3) is 5.91 Å². The van der Waals surface area contributed by atoms with Crippen molar-refractivity contribution >= 4 is 17.3 Å². The van der Waals surface area contributed by atoms with Gasteiger partial charge in [-0.3, -0.25) is 4.79 Å². The molecule has 0 radical (unpaired) electrons. The van der Waals surface area contributed by atoms with Gasteiger partial charge in [-0.1, -0.05) is 18.2 Å². The Morgan fingerprint density at radius 1 is 1.14 bits per heavy atom. The van der Waals surface area contributed by atoms with E-state index in [0.29, 0.717) is 5.69 Å². The van der Waals surface area contributed by atoms with Gasteiger partial charge in [-0.05, 0) is 30.7 Å². The fourth-order valence-corrected chi connectivity index (χ4v) is 1.80. The van der Waals surface area contributed by atoms with Crippen molar-refractivity contribution in [3.63, 3.8) is 0 Å². The standard InChI is InChI=1S/C16H19N3O2/c1-21-11-5-10-17-14-8-9-15(18-12-14)16(20)19-13-6-3-2-4-7-13/h2-4,6-9,12,17H,5,10-11H2,1H3,(H,19,20). The molecule has 0 atom stereocenters. The molecule has 1 aromatic heterocycles. The maximum absolute atomic E-state index is 12.0. The van der Waals surface area contributed by atoms with E-state index >= 15 is 0 Å². The SMILES string of the molecule is COCCCNc1ccc(C(=O)Nc2ccccc2)nc1. The quantitative estimate of drug-likeness (QED) is 0.768. The van der Waals surface area contributed by atoms with Crippen molar-refractivity contribution in [3.8, 4) is 0 Å². The second kappa shape index (κ2) is 8.01. The first-order chi connectivity index (χ1) is 10.3. The van der Waals surface area contributed by atoms with E-state index < -0.39 is 0 Å². The van der Waals surface area contributed by atoms with Crippen LogP contribution < -0.4 is 10.6 Å². The number of methoxy groups -OCH3 is 1. The molecule has 0 saturated carbocycles. The number of ether oxygens (including phenoxy) is 1. The van der Waals surface area contributed by atoms with Crippen LogP contribution in [0.1, 0.15) is 16.9 Å². The maximum Gasteiger partial charge on any atom is 0.274 e. The highest BCUT2D eigenvalue weighted by molar-refractivity contribution is 6.02. The van der Waals surface area contributed by atoms with Crippen LogP contribution in [0.3, 0.4) is 0 Å². The first-order valence-corrected chi connectivity index (χ1v) is 6.85. The molecule has 2 aromatic rings. The number of aromatic nitrogens is 1. The second-order valence-corrected chi connectivity index (χ2v) is 4.53. The molecule has 5 heteroatoms. The summed E-state index contributed by atoms with van der Waals surface area (Å²) in [5.74, 6) is -0.216. The zero-order valence-electron chi connectivity index (χ0n) is 12.0. The third-order valence-corrected chi connectivity index (χ3v) is 2.88. The Kier molecular flexibility index (Phi) is 5.72. The summed E-state index contributed by atoms with van der Waals surface area (Å²) in [5, 5.41) is 6.02. The van der Waals surface area contributed by atoms with E-state index in [0.717, 1.165) is 30.9 Å². The Labute approximate surface area is 124 Å². The molecule has 2 rings (SSSR count). The number of carbonyl (C=O) groups is 1. The van der Waals surface area contributed by atoms with Crippen molar-refractivity contribution in [3.05, 3.63) is 54.4 Å². The smallest absolute Gasteiger partial charge is 0.274 e. The van der Waals surface area contributed by atoms with Crippen LogP contribution in [-0.2, 0) is 4.74 Å². The first kappa shape index (κ1) is 15.0. The Morgan fingerprint density at radius 3 is 2.62 bits per heavy atom. The lowest BCUT2D eigenvalue weighted by Gasteiger charge is -2.07. The van der Waals surface area contributed by atoms with Gasteiger partial charge in [0.2, 0.25) is 0 Å². The minimum Gasteiger partial charge on any atom is -0.385 e. The Balaban J connectivity index is 1.88. The monoisotopic (exact) mass is 285 g/mol. The van der Waals surface area contributed by atoms with Crippen LogP contribution in [0, 0.1) is 0 Å². The van der Waals surface area contributed by atoms with Gasteiger partial charge in [0.05, 0.1) is 11.9 Å². The molecule has 0 fully saturated rings. The number of para-hydroxylation sites is 1. The molecule has 0 aliphatic carbocycles. The number of nitrogens with one attached hydrogen (secondary N) is 2. The minimum atomic E-state index is -0.216. The maximum atomic E-state index is 12.0. The lowest BCUT2D eigenvalue weighted by Crippen LogP contribution is -2.13. The topological polar surface area (TPSA) is 63.2 Å². The Bertz CT molecular complexity index is 555. The highest BCUT2D eigenvalue weighted by Crippen LogP contribution is 2.10.